The standard InChI is InChI=1S/C19H26N4O/c1-12-8-9-15-16(20-12)23(14-6-4-7-14)18(21-15)22-17(24)13(2)19(3)10-5-11-19/h8-9,13-14H,4-7,10-11H2,1-3H3,(H,21,22,24)/t13-/m1/s1. The number of aryl methyl sites for hydroxylation is 1. The number of rotatable bonds is 4. The summed E-state index contributed by atoms with van der Waals surface area (Å²) in [4.78, 5) is 22.1. The van der Waals surface area contributed by atoms with Crippen LogP contribution in [0.5, 0.6) is 0 Å². The number of aromatic nitrogens is 3. The predicted octanol–water partition coefficient (Wildman–Crippen LogP) is 4.23. The van der Waals surface area contributed by atoms with E-state index in [4.69, 9.17) is 0 Å². The van der Waals surface area contributed by atoms with Crippen molar-refractivity contribution in [1.82, 2.24) is 14.5 Å². The van der Waals surface area contributed by atoms with Gasteiger partial charge >= 0.3 is 0 Å². The van der Waals surface area contributed by atoms with Crippen molar-refractivity contribution in [3.05, 3.63) is 17.8 Å². The second-order valence-electron chi connectivity index (χ2n) is 7.90. The van der Waals surface area contributed by atoms with Crippen LogP contribution in [0.4, 0.5) is 5.95 Å². The van der Waals surface area contributed by atoms with Gasteiger partial charge in [0.05, 0.1) is 0 Å². The van der Waals surface area contributed by atoms with Crippen LogP contribution >= 0.6 is 0 Å². The Labute approximate surface area is 142 Å². The Kier molecular flexibility index (Phi) is 3.62. The van der Waals surface area contributed by atoms with E-state index in [0.29, 0.717) is 12.0 Å². The van der Waals surface area contributed by atoms with Crippen LogP contribution < -0.4 is 5.32 Å². The van der Waals surface area contributed by atoms with Crippen molar-refractivity contribution in [3.63, 3.8) is 0 Å². The first-order valence-corrected chi connectivity index (χ1v) is 9.14. The number of nitrogens with one attached hydrogen (secondary N) is 1. The fraction of sp³-hybridized carbons (Fsp3) is 0.632. The lowest BCUT2D eigenvalue weighted by molar-refractivity contribution is -0.125. The van der Waals surface area contributed by atoms with Crippen LogP contribution in [-0.2, 0) is 4.79 Å². The third kappa shape index (κ3) is 2.41. The molecule has 5 heteroatoms. The molecule has 0 unspecified atom stereocenters. The molecule has 1 amide bonds. The maximum Gasteiger partial charge on any atom is 0.230 e. The molecule has 2 aromatic rings. The highest BCUT2D eigenvalue weighted by Gasteiger charge is 2.41. The van der Waals surface area contributed by atoms with Gasteiger partial charge in [-0.2, -0.15) is 0 Å². The number of carbonyl (C=O) groups is 1. The summed E-state index contributed by atoms with van der Waals surface area (Å²) in [6, 6.07) is 4.39. The summed E-state index contributed by atoms with van der Waals surface area (Å²) >= 11 is 0. The van der Waals surface area contributed by atoms with Gasteiger partial charge in [-0.25, -0.2) is 9.97 Å². The SMILES string of the molecule is Cc1ccc2nc(NC(=O)[C@@H](C)C3(C)CCC3)n(C3CCC3)c2n1. The lowest BCUT2D eigenvalue weighted by Crippen LogP contribution is -2.40. The number of carbonyl (C=O) groups excluding carboxylic acids is 1. The largest absolute Gasteiger partial charge is 0.296 e. The van der Waals surface area contributed by atoms with E-state index in [1.165, 1.54) is 12.8 Å². The number of imidazole rings is 1. The van der Waals surface area contributed by atoms with Crippen LogP contribution in [0.3, 0.4) is 0 Å². The van der Waals surface area contributed by atoms with E-state index in [1.54, 1.807) is 0 Å². The van der Waals surface area contributed by atoms with Crippen molar-refractivity contribution in [2.45, 2.75) is 65.3 Å². The lowest BCUT2D eigenvalue weighted by Gasteiger charge is -2.42. The summed E-state index contributed by atoms with van der Waals surface area (Å²) in [6.45, 7) is 6.27. The quantitative estimate of drug-likeness (QED) is 0.914. The molecule has 1 N–H and O–H groups in total. The minimum Gasteiger partial charge on any atom is -0.296 e. The zero-order chi connectivity index (χ0) is 16.9. The molecule has 4 rings (SSSR count). The van der Waals surface area contributed by atoms with Gasteiger partial charge in [-0.15, -0.1) is 0 Å². The highest BCUT2D eigenvalue weighted by molar-refractivity contribution is 5.93. The van der Waals surface area contributed by atoms with E-state index in [2.05, 4.69) is 26.8 Å². The molecule has 5 nitrogen and oxygen atoms in total. The highest BCUT2D eigenvalue weighted by Crippen LogP contribution is 2.47. The molecule has 0 spiro atoms. The average molecular weight is 326 g/mol. The van der Waals surface area contributed by atoms with E-state index >= 15 is 0 Å². The zero-order valence-corrected chi connectivity index (χ0v) is 14.8. The number of amides is 1. The van der Waals surface area contributed by atoms with Gasteiger partial charge < -0.3 is 0 Å². The van der Waals surface area contributed by atoms with Gasteiger partial charge in [0, 0.05) is 17.7 Å². The normalized spacial score (nSPS) is 21.1. The Bertz CT molecular complexity index is 786. The Balaban J connectivity index is 1.67. The molecular formula is C19H26N4O. The minimum absolute atomic E-state index is 0.00981. The molecule has 2 saturated carbocycles. The van der Waals surface area contributed by atoms with Crippen molar-refractivity contribution >= 4 is 23.0 Å². The number of hydrogen-bond donors (Lipinski definition) is 1. The Hall–Kier alpha value is -1.91. The van der Waals surface area contributed by atoms with Gasteiger partial charge in [0.15, 0.2) is 5.65 Å². The minimum atomic E-state index is 0.00981. The molecule has 2 heterocycles. The molecule has 128 valence electrons. The first-order valence-electron chi connectivity index (χ1n) is 9.14. The van der Waals surface area contributed by atoms with Crippen molar-refractivity contribution in [2.75, 3.05) is 5.32 Å². The first-order chi connectivity index (χ1) is 11.5. The second-order valence-corrected chi connectivity index (χ2v) is 7.90. The third-order valence-corrected chi connectivity index (χ3v) is 6.29. The summed E-state index contributed by atoms with van der Waals surface area (Å²) in [6.07, 6.45) is 7.02. The topological polar surface area (TPSA) is 59.8 Å². The van der Waals surface area contributed by atoms with E-state index in [-0.39, 0.29) is 17.2 Å². The van der Waals surface area contributed by atoms with Crippen LogP contribution in [-0.4, -0.2) is 20.4 Å². The van der Waals surface area contributed by atoms with Crippen molar-refractivity contribution in [1.29, 1.82) is 0 Å². The van der Waals surface area contributed by atoms with Gasteiger partial charge in [0.2, 0.25) is 11.9 Å². The molecule has 2 aliphatic carbocycles. The Morgan fingerprint density at radius 3 is 2.62 bits per heavy atom. The second kappa shape index (κ2) is 5.57. The maximum atomic E-state index is 12.8. The van der Waals surface area contributed by atoms with Crippen molar-refractivity contribution in [3.8, 4) is 0 Å². The molecule has 0 radical (unpaired) electrons. The summed E-state index contributed by atoms with van der Waals surface area (Å²) in [5, 5.41) is 3.12. The maximum absolute atomic E-state index is 12.8. The van der Waals surface area contributed by atoms with Gasteiger partial charge in [0.1, 0.15) is 5.52 Å². The van der Waals surface area contributed by atoms with E-state index in [9.17, 15) is 4.79 Å². The fourth-order valence-corrected chi connectivity index (χ4v) is 3.85. The molecule has 1 atom stereocenters. The Morgan fingerprint density at radius 2 is 2.04 bits per heavy atom. The molecule has 0 bridgehead atoms. The van der Waals surface area contributed by atoms with Gasteiger partial charge in [-0.1, -0.05) is 20.3 Å². The summed E-state index contributed by atoms with van der Waals surface area (Å²) < 4.78 is 2.15. The molecule has 2 fully saturated rings. The fourth-order valence-electron chi connectivity index (χ4n) is 3.85. The summed E-state index contributed by atoms with van der Waals surface area (Å²) in [7, 11) is 0. The van der Waals surface area contributed by atoms with E-state index < -0.39 is 0 Å². The van der Waals surface area contributed by atoms with Crippen molar-refractivity contribution < 1.29 is 4.79 Å². The number of anilines is 1. The van der Waals surface area contributed by atoms with E-state index in [0.717, 1.165) is 42.5 Å². The number of nitrogens with zero attached hydrogens (tertiary/aromatic N) is 3. The third-order valence-electron chi connectivity index (χ3n) is 6.29. The molecule has 24 heavy (non-hydrogen) atoms. The summed E-state index contributed by atoms with van der Waals surface area (Å²) in [5.41, 5.74) is 2.89. The molecular weight excluding hydrogens is 300 g/mol. The monoisotopic (exact) mass is 326 g/mol. The van der Waals surface area contributed by atoms with Crippen molar-refractivity contribution in [2.24, 2.45) is 11.3 Å². The lowest BCUT2D eigenvalue weighted by atomic mass is 9.63. The van der Waals surface area contributed by atoms with Crippen LogP contribution in [0.1, 0.15) is 64.1 Å². The molecule has 0 saturated heterocycles. The smallest absolute Gasteiger partial charge is 0.230 e. The molecule has 2 aromatic heterocycles. The number of fused-ring (bicyclic) bond motifs is 1. The zero-order valence-electron chi connectivity index (χ0n) is 14.8. The summed E-state index contributed by atoms with van der Waals surface area (Å²) in [5.74, 6) is 0.771. The van der Waals surface area contributed by atoms with Crippen LogP contribution in [0.2, 0.25) is 0 Å². The van der Waals surface area contributed by atoms with Gasteiger partial charge in [-0.05, 0) is 56.6 Å². The number of hydrogen-bond acceptors (Lipinski definition) is 3. The van der Waals surface area contributed by atoms with E-state index in [1.807, 2.05) is 26.0 Å². The Morgan fingerprint density at radius 1 is 1.29 bits per heavy atom. The molecule has 2 aliphatic rings. The first kappa shape index (κ1) is 15.6. The average Bonchev–Trinajstić information content (AvgIpc) is 2.80. The van der Waals surface area contributed by atoms with Crippen LogP contribution in [0.15, 0.2) is 12.1 Å². The highest BCUT2D eigenvalue weighted by atomic mass is 16.2. The molecule has 0 aromatic carbocycles. The van der Waals surface area contributed by atoms with Crippen LogP contribution in [0, 0.1) is 18.3 Å². The van der Waals surface area contributed by atoms with Gasteiger partial charge in [-0.3, -0.25) is 14.7 Å². The number of pyridine rings is 1. The molecule has 0 aliphatic heterocycles. The predicted molar refractivity (Wildman–Crippen MR) is 94.9 cm³/mol. The van der Waals surface area contributed by atoms with Crippen LogP contribution in [0.25, 0.3) is 11.2 Å². The van der Waals surface area contributed by atoms with Gasteiger partial charge in [0.25, 0.3) is 0 Å².